The fourth-order valence-corrected chi connectivity index (χ4v) is 1.45. The maximum Gasteiger partial charge on any atom is 0.192 e. The highest BCUT2D eigenvalue weighted by Crippen LogP contribution is 2.02. The van der Waals surface area contributed by atoms with Gasteiger partial charge in [-0.05, 0) is 6.92 Å². The lowest BCUT2D eigenvalue weighted by Crippen LogP contribution is -1.97. The third-order valence-electron chi connectivity index (χ3n) is 1.31. The zero-order valence-corrected chi connectivity index (χ0v) is 8.79. The summed E-state index contributed by atoms with van der Waals surface area (Å²) in [4.78, 5) is 12.7. The Morgan fingerprint density at radius 2 is 2.18 bits per heavy atom. The highest BCUT2D eigenvalue weighted by Gasteiger charge is 2.01. The van der Waals surface area contributed by atoms with E-state index in [0.29, 0.717) is 6.54 Å². The summed E-state index contributed by atoms with van der Waals surface area (Å²) in [5, 5.41) is 0. The summed E-state index contributed by atoms with van der Waals surface area (Å²) in [5.41, 5.74) is 1.03. The minimum absolute atomic E-state index is 0.694. The Kier molecular flexibility index (Phi) is 3.16. The predicted octanol–water partition coefficient (Wildman–Crippen LogP) is 2.06. The molecule has 4 heteroatoms. The highest BCUT2D eigenvalue weighted by atomic mass is 127. The second kappa shape index (κ2) is 3.94. The number of amidine groups is 2. The van der Waals surface area contributed by atoms with E-state index in [9.17, 15) is 0 Å². The van der Waals surface area contributed by atoms with Crippen LogP contribution in [0.2, 0.25) is 0 Å². The summed E-state index contributed by atoms with van der Waals surface area (Å²) < 4.78 is 0.790. The van der Waals surface area contributed by atoms with E-state index in [0.717, 1.165) is 21.8 Å². The molecule has 1 rings (SSSR count). The monoisotopic (exact) mass is 263 g/mol. The van der Waals surface area contributed by atoms with Gasteiger partial charge in [0, 0.05) is 34.7 Å². The summed E-state index contributed by atoms with van der Waals surface area (Å²) in [6.45, 7) is 4.71. The number of aliphatic imine (C=N–C) groups is 3. The molecule has 0 spiro atoms. The summed E-state index contributed by atoms with van der Waals surface area (Å²) in [6.07, 6.45) is 0.884. The average molecular weight is 263 g/mol. The zero-order valence-electron chi connectivity index (χ0n) is 6.63. The van der Waals surface area contributed by atoms with Gasteiger partial charge in [0.1, 0.15) is 5.84 Å². The first-order valence-corrected chi connectivity index (χ1v) is 4.62. The minimum atomic E-state index is 0.694. The Bertz CT molecular complexity index is 240. The van der Waals surface area contributed by atoms with E-state index in [1.54, 1.807) is 0 Å². The van der Waals surface area contributed by atoms with Crippen molar-refractivity contribution in [1.29, 1.82) is 0 Å². The maximum absolute atomic E-state index is 4.27. The van der Waals surface area contributed by atoms with Crippen LogP contribution in [0.3, 0.4) is 0 Å². The lowest BCUT2D eigenvalue weighted by molar-refractivity contribution is 1.18. The molecule has 60 valence electrons. The molecule has 0 radical (unpaired) electrons. The van der Waals surface area contributed by atoms with Crippen LogP contribution in [0.25, 0.3) is 0 Å². The Morgan fingerprint density at radius 1 is 1.45 bits per heavy atom. The Hall–Kier alpha value is -0.260. The van der Waals surface area contributed by atoms with Crippen molar-refractivity contribution in [1.82, 2.24) is 0 Å². The van der Waals surface area contributed by atoms with Crippen LogP contribution in [0.15, 0.2) is 15.0 Å². The Labute approximate surface area is 79.9 Å². The van der Waals surface area contributed by atoms with Crippen LogP contribution in [0.1, 0.15) is 20.3 Å². The largest absolute Gasteiger partial charge is 0.264 e. The molecule has 0 saturated heterocycles. The molecule has 0 aromatic carbocycles. The summed E-state index contributed by atoms with van der Waals surface area (Å²) in [5.74, 6) is 0.898. The van der Waals surface area contributed by atoms with Gasteiger partial charge in [-0.3, -0.25) is 4.99 Å². The molecule has 0 fully saturated rings. The molecule has 0 atom stereocenters. The van der Waals surface area contributed by atoms with Gasteiger partial charge in [0.2, 0.25) is 0 Å². The standard InChI is InChI=1S/C7H10IN3/c1-3-6-9-4-5(2)10-7(8)11-6/h3-4H2,1-2H3. The van der Waals surface area contributed by atoms with Crippen molar-refractivity contribution in [2.45, 2.75) is 20.3 Å². The molecule has 0 amide bonds. The van der Waals surface area contributed by atoms with Crippen LogP contribution >= 0.6 is 22.6 Å². The van der Waals surface area contributed by atoms with E-state index in [2.05, 4.69) is 37.6 Å². The minimum Gasteiger partial charge on any atom is -0.264 e. The van der Waals surface area contributed by atoms with Gasteiger partial charge in [-0.2, -0.15) is 0 Å². The van der Waals surface area contributed by atoms with E-state index in [4.69, 9.17) is 0 Å². The lowest BCUT2D eigenvalue weighted by Gasteiger charge is -1.91. The first-order chi connectivity index (χ1) is 5.22. The number of hydrogen-bond donors (Lipinski definition) is 0. The number of hydrogen-bond acceptors (Lipinski definition) is 3. The molecule has 0 N–H and O–H groups in total. The van der Waals surface area contributed by atoms with E-state index < -0.39 is 0 Å². The highest BCUT2D eigenvalue weighted by molar-refractivity contribution is 14.1. The molecule has 11 heavy (non-hydrogen) atoms. The van der Waals surface area contributed by atoms with Gasteiger partial charge < -0.3 is 0 Å². The normalized spacial score (nSPS) is 18.3. The average Bonchev–Trinajstić information content (AvgIpc) is 2.11. The quantitative estimate of drug-likeness (QED) is 0.513. The predicted molar refractivity (Wildman–Crippen MR) is 57.2 cm³/mol. The molecule has 1 aliphatic heterocycles. The van der Waals surface area contributed by atoms with Gasteiger partial charge in [-0.1, -0.05) is 6.92 Å². The van der Waals surface area contributed by atoms with Crippen LogP contribution in [0.5, 0.6) is 0 Å². The molecule has 0 aromatic heterocycles. The third-order valence-corrected chi connectivity index (χ3v) is 1.79. The second-order valence-corrected chi connectivity index (χ2v) is 3.28. The van der Waals surface area contributed by atoms with Crippen LogP contribution in [0.4, 0.5) is 0 Å². The van der Waals surface area contributed by atoms with Crippen LogP contribution in [0, 0.1) is 0 Å². The van der Waals surface area contributed by atoms with Crippen molar-refractivity contribution in [3.05, 3.63) is 0 Å². The van der Waals surface area contributed by atoms with Gasteiger partial charge >= 0.3 is 0 Å². The summed E-state index contributed by atoms with van der Waals surface area (Å²) >= 11 is 2.12. The molecule has 0 bridgehead atoms. The van der Waals surface area contributed by atoms with Crippen molar-refractivity contribution >= 4 is 38.0 Å². The first-order valence-electron chi connectivity index (χ1n) is 3.54. The van der Waals surface area contributed by atoms with E-state index in [-0.39, 0.29) is 0 Å². The van der Waals surface area contributed by atoms with Crippen molar-refractivity contribution < 1.29 is 0 Å². The molecule has 1 heterocycles. The number of rotatable bonds is 1. The van der Waals surface area contributed by atoms with Gasteiger partial charge in [-0.25, -0.2) is 9.98 Å². The molecule has 3 nitrogen and oxygen atoms in total. The van der Waals surface area contributed by atoms with Gasteiger partial charge in [0.05, 0.1) is 6.54 Å². The Balaban J connectivity index is 2.85. The van der Waals surface area contributed by atoms with E-state index in [1.807, 2.05) is 13.8 Å². The first kappa shape index (κ1) is 8.83. The fourth-order valence-electron chi connectivity index (χ4n) is 0.756. The SMILES string of the molecule is CCC1=NCC(C)=NC(I)=N1. The van der Waals surface area contributed by atoms with Crippen LogP contribution in [-0.2, 0) is 0 Å². The Morgan fingerprint density at radius 3 is 2.82 bits per heavy atom. The van der Waals surface area contributed by atoms with Crippen LogP contribution in [-0.4, -0.2) is 21.9 Å². The smallest absolute Gasteiger partial charge is 0.192 e. The molecule has 0 aromatic rings. The third kappa shape index (κ3) is 2.69. The van der Waals surface area contributed by atoms with E-state index >= 15 is 0 Å². The molecule has 0 saturated carbocycles. The maximum atomic E-state index is 4.27. The zero-order chi connectivity index (χ0) is 8.27. The number of halogens is 1. The fraction of sp³-hybridized carbons (Fsp3) is 0.571. The van der Waals surface area contributed by atoms with Crippen LogP contribution < -0.4 is 0 Å². The molecular formula is C7H10IN3. The molecule has 1 aliphatic rings. The van der Waals surface area contributed by atoms with Gasteiger partial charge in [-0.15, -0.1) is 0 Å². The van der Waals surface area contributed by atoms with Gasteiger partial charge in [0.15, 0.2) is 3.84 Å². The van der Waals surface area contributed by atoms with Crippen molar-refractivity contribution in [2.75, 3.05) is 6.54 Å². The molecule has 0 aliphatic carbocycles. The molecular weight excluding hydrogens is 253 g/mol. The van der Waals surface area contributed by atoms with Crippen molar-refractivity contribution in [3.63, 3.8) is 0 Å². The summed E-state index contributed by atoms with van der Waals surface area (Å²) in [6, 6.07) is 0. The second-order valence-electron chi connectivity index (χ2n) is 2.31. The summed E-state index contributed by atoms with van der Waals surface area (Å²) in [7, 11) is 0. The van der Waals surface area contributed by atoms with Crippen molar-refractivity contribution in [2.24, 2.45) is 15.0 Å². The van der Waals surface area contributed by atoms with Crippen molar-refractivity contribution in [3.8, 4) is 0 Å². The van der Waals surface area contributed by atoms with E-state index in [1.165, 1.54) is 0 Å². The molecule has 0 unspecified atom stereocenters. The topological polar surface area (TPSA) is 37.1 Å². The van der Waals surface area contributed by atoms with Gasteiger partial charge in [0.25, 0.3) is 0 Å². The number of nitrogens with zero attached hydrogens (tertiary/aromatic N) is 3. The lowest BCUT2D eigenvalue weighted by atomic mass is 10.4.